The molecule has 0 unspecified atom stereocenters. The largest absolute Gasteiger partial charge is 0.493 e. The zero-order valence-electron chi connectivity index (χ0n) is 15.4. The second-order valence-electron chi connectivity index (χ2n) is 6.12. The molecule has 4 rings (SSSR count). The second kappa shape index (κ2) is 7.14. The van der Waals surface area contributed by atoms with Crippen molar-refractivity contribution in [2.24, 2.45) is 0 Å². The Morgan fingerprint density at radius 3 is 1.83 bits per heavy atom. The highest BCUT2D eigenvalue weighted by Gasteiger charge is 2.33. The van der Waals surface area contributed by atoms with Crippen molar-refractivity contribution >= 4 is 41.6 Å². The molecule has 0 fully saturated rings. The summed E-state index contributed by atoms with van der Waals surface area (Å²) in [5.41, 5.74) is 12.6. The van der Waals surface area contributed by atoms with Crippen LogP contribution in [0.15, 0.2) is 25.3 Å². The molecule has 0 atom stereocenters. The van der Waals surface area contributed by atoms with Crippen LogP contribution in [-0.2, 0) is 9.30 Å². The summed E-state index contributed by atoms with van der Waals surface area (Å²) in [6.45, 7) is 3.57. The van der Waals surface area contributed by atoms with E-state index in [1.807, 2.05) is 0 Å². The molecule has 0 saturated carbocycles. The van der Waals surface area contributed by atoms with Crippen LogP contribution in [0.25, 0.3) is 22.3 Å². The molecule has 0 radical (unpaired) electrons. The number of rotatable bonds is 7. The number of aromatic nitrogens is 8. The standard InChI is InChI=1S/C14H17N10O4P/c1-8(2)26-7-29(25,27-23-5-21-9-11(15)17-3-19-13(9)23)28-24-6-22-10-12(16)18-4-20-14(10)24/h3-6,8H,7H2,1-2H3,(H2,15,17,19)(H2,16,18,20). The second-order valence-corrected chi connectivity index (χ2v) is 7.93. The Labute approximate surface area is 163 Å². The lowest BCUT2D eigenvalue weighted by Crippen LogP contribution is -2.22. The predicted molar refractivity (Wildman–Crippen MR) is 101 cm³/mol. The van der Waals surface area contributed by atoms with Gasteiger partial charge in [-0.15, -0.1) is 9.46 Å². The van der Waals surface area contributed by atoms with Crippen molar-refractivity contribution in [3.05, 3.63) is 25.3 Å². The van der Waals surface area contributed by atoms with E-state index in [1.165, 1.54) is 25.3 Å². The number of fused-ring (bicyclic) bond motifs is 2. The van der Waals surface area contributed by atoms with Crippen LogP contribution in [0.1, 0.15) is 13.8 Å². The number of nitrogens with zero attached hydrogens (tertiary/aromatic N) is 8. The van der Waals surface area contributed by atoms with Gasteiger partial charge in [-0.1, -0.05) is 0 Å². The van der Waals surface area contributed by atoms with Crippen LogP contribution < -0.4 is 20.7 Å². The number of ether oxygens (including phenoxy) is 1. The van der Waals surface area contributed by atoms with Crippen molar-refractivity contribution in [2.45, 2.75) is 20.0 Å². The first kappa shape index (κ1) is 18.8. The minimum atomic E-state index is -3.97. The fourth-order valence-electron chi connectivity index (χ4n) is 2.36. The minimum absolute atomic E-state index is 0.152. The van der Waals surface area contributed by atoms with Crippen LogP contribution in [0.3, 0.4) is 0 Å². The smallest absolute Gasteiger partial charge is 0.382 e. The average molecular weight is 420 g/mol. The molecule has 4 aromatic rings. The first-order valence-corrected chi connectivity index (χ1v) is 10.1. The van der Waals surface area contributed by atoms with Gasteiger partial charge in [0, 0.05) is 0 Å². The summed E-state index contributed by atoms with van der Waals surface area (Å²) in [6.07, 6.45) is 4.38. The van der Waals surface area contributed by atoms with Crippen molar-refractivity contribution in [3.8, 4) is 0 Å². The molecular formula is C14H17N10O4P. The van der Waals surface area contributed by atoms with Gasteiger partial charge < -0.3 is 25.5 Å². The summed E-state index contributed by atoms with van der Waals surface area (Å²) >= 11 is 0. The van der Waals surface area contributed by atoms with Crippen LogP contribution >= 0.6 is 7.60 Å². The van der Waals surface area contributed by atoms with E-state index in [4.69, 9.17) is 25.5 Å². The Morgan fingerprint density at radius 1 is 0.897 bits per heavy atom. The van der Waals surface area contributed by atoms with Gasteiger partial charge in [-0.05, 0) is 13.8 Å². The summed E-state index contributed by atoms with van der Waals surface area (Å²) in [7, 11) is -3.97. The summed E-state index contributed by atoms with van der Waals surface area (Å²) < 4.78 is 32.4. The molecule has 0 amide bonds. The Bertz CT molecular complexity index is 1140. The van der Waals surface area contributed by atoms with Crippen molar-refractivity contribution in [3.63, 3.8) is 0 Å². The summed E-state index contributed by atoms with van der Waals surface area (Å²) in [5.74, 6) is 0.304. The van der Waals surface area contributed by atoms with Crippen LogP contribution in [0.2, 0.25) is 0 Å². The summed E-state index contributed by atoms with van der Waals surface area (Å²) in [6, 6.07) is 0. The monoisotopic (exact) mass is 420 g/mol. The third kappa shape index (κ3) is 3.62. The van der Waals surface area contributed by atoms with E-state index in [-0.39, 0.29) is 46.4 Å². The number of hydrogen-bond donors (Lipinski definition) is 2. The highest BCUT2D eigenvalue weighted by molar-refractivity contribution is 7.54. The molecular weight excluding hydrogens is 403 g/mol. The summed E-state index contributed by atoms with van der Waals surface area (Å²) in [5, 5.41) is 0. The van der Waals surface area contributed by atoms with Gasteiger partial charge in [0.1, 0.15) is 25.3 Å². The molecule has 14 nitrogen and oxygen atoms in total. The number of nitrogens with two attached hydrogens (primary N) is 2. The fraction of sp³-hybridized carbons (Fsp3) is 0.286. The number of imidazole rings is 2. The van der Waals surface area contributed by atoms with Crippen LogP contribution in [-0.4, -0.2) is 51.8 Å². The Morgan fingerprint density at radius 2 is 1.38 bits per heavy atom. The first-order valence-electron chi connectivity index (χ1n) is 8.34. The quantitative estimate of drug-likeness (QED) is 0.389. The predicted octanol–water partition coefficient (Wildman–Crippen LogP) is 0.263. The minimum Gasteiger partial charge on any atom is -0.382 e. The SMILES string of the molecule is CC(C)OCP(=O)(On1cnc2c(N)ncnc21)On1cnc2c(N)ncnc21. The topological polar surface area (TPSA) is 184 Å². The normalized spacial score (nSPS) is 12.1. The van der Waals surface area contributed by atoms with Gasteiger partial charge >= 0.3 is 7.60 Å². The average Bonchev–Trinajstić information content (AvgIpc) is 3.27. The van der Waals surface area contributed by atoms with Gasteiger partial charge in [0.05, 0.1) is 6.10 Å². The Hall–Kier alpha value is -3.51. The molecule has 152 valence electrons. The maximum Gasteiger partial charge on any atom is 0.493 e. The third-order valence-electron chi connectivity index (χ3n) is 3.65. The van der Waals surface area contributed by atoms with E-state index in [1.54, 1.807) is 13.8 Å². The van der Waals surface area contributed by atoms with Crippen molar-refractivity contribution in [2.75, 3.05) is 17.8 Å². The van der Waals surface area contributed by atoms with E-state index in [2.05, 4.69) is 29.9 Å². The molecule has 0 saturated heterocycles. The highest BCUT2D eigenvalue weighted by atomic mass is 31.2. The first-order chi connectivity index (χ1) is 13.9. The maximum absolute atomic E-state index is 13.5. The van der Waals surface area contributed by atoms with E-state index < -0.39 is 7.60 Å². The maximum atomic E-state index is 13.5. The number of nitrogen functional groups attached to an aromatic ring is 2. The van der Waals surface area contributed by atoms with E-state index in [9.17, 15) is 4.57 Å². The summed E-state index contributed by atoms with van der Waals surface area (Å²) in [4.78, 5) is 23.9. The van der Waals surface area contributed by atoms with E-state index in [0.717, 1.165) is 9.46 Å². The molecule has 0 bridgehead atoms. The highest BCUT2D eigenvalue weighted by Crippen LogP contribution is 2.42. The molecule has 0 aliphatic rings. The third-order valence-corrected chi connectivity index (χ3v) is 4.97. The molecule has 4 heterocycles. The molecule has 0 aliphatic heterocycles. The van der Waals surface area contributed by atoms with Crippen molar-refractivity contribution < 1.29 is 18.6 Å². The molecule has 0 aromatic carbocycles. The van der Waals surface area contributed by atoms with E-state index >= 15 is 0 Å². The van der Waals surface area contributed by atoms with Gasteiger partial charge in [0.15, 0.2) is 29.0 Å². The van der Waals surface area contributed by atoms with Crippen molar-refractivity contribution in [1.82, 2.24) is 39.4 Å². The lowest BCUT2D eigenvalue weighted by atomic mass is 10.5. The number of anilines is 2. The van der Waals surface area contributed by atoms with Crippen LogP contribution in [0.5, 0.6) is 0 Å². The van der Waals surface area contributed by atoms with Gasteiger partial charge in [0.2, 0.25) is 11.3 Å². The molecule has 15 heteroatoms. The van der Waals surface area contributed by atoms with E-state index in [0.29, 0.717) is 0 Å². The van der Waals surface area contributed by atoms with Gasteiger partial charge in [-0.25, -0.2) is 34.5 Å². The molecule has 4 aromatic heterocycles. The van der Waals surface area contributed by atoms with Crippen LogP contribution in [0.4, 0.5) is 11.6 Å². The lowest BCUT2D eigenvalue weighted by molar-refractivity contribution is 0.0834. The molecule has 4 N–H and O–H groups in total. The number of hydrogen-bond acceptors (Lipinski definition) is 12. The van der Waals surface area contributed by atoms with Gasteiger partial charge in [-0.2, -0.15) is 0 Å². The fourth-order valence-corrected chi connectivity index (χ4v) is 3.74. The zero-order chi connectivity index (χ0) is 20.6. The van der Waals surface area contributed by atoms with Gasteiger partial charge in [-0.3, -0.25) is 0 Å². The van der Waals surface area contributed by atoms with Crippen LogP contribution in [0, 0.1) is 0 Å². The lowest BCUT2D eigenvalue weighted by Gasteiger charge is -2.20. The van der Waals surface area contributed by atoms with Gasteiger partial charge in [0.25, 0.3) is 0 Å². The van der Waals surface area contributed by atoms with Crippen molar-refractivity contribution in [1.29, 1.82) is 0 Å². The Balaban J connectivity index is 1.70. The molecule has 0 spiro atoms. The molecule has 29 heavy (non-hydrogen) atoms. The molecule has 0 aliphatic carbocycles. The Kier molecular flexibility index (Phi) is 4.64. The zero-order valence-corrected chi connectivity index (χ0v) is 16.3.